The van der Waals surface area contributed by atoms with Gasteiger partial charge in [0.1, 0.15) is 36.4 Å². The topological polar surface area (TPSA) is 245 Å². The summed E-state index contributed by atoms with van der Waals surface area (Å²) in [5.41, 5.74) is 5.30. The standard InChI is InChI=1S/C28H30F3N7O9S/c1-14(15-5-7-16(8-6-15)47-28(29,30)31)34-22(40)12-38-26(44)24-18(36-37-38)3-2-4-20(24)48-13-19(25(43)33-11-23(41)42)35-21(39)10-9-17(32)27(45)46/h2-8,14,17,19H,9-13,32H2,1H3,(H,33,43)(H,34,40)(H,35,39)(H,41,42)(H,45,46)/t14-,17-,19?/m0/s1. The number of ether oxygens (including phenoxy) is 1. The Morgan fingerprint density at radius 1 is 1.04 bits per heavy atom. The molecule has 3 aromatic rings. The number of halogens is 3. The molecule has 3 rings (SSSR count). The Bertz CT molecular complexity index is 1720. The Kier molecular flexibility index (Phi) is 12.8. The van der Waals surface area contributed by atoms with Crippen molar-refractivity contribution in [2.75, 3.05) is 12.3 Å². The van der Waals surface area contributed by atoms with Gasteiger partial charge in [-0.25, -0.2) is 4.68 Å². The van der Waals surface area contributed by atoms with Crippen molar-refractivity contribution in [1.29, 1.82) is 0 Å². The van der Waals surface area contributed by atoms with Crippen molar-refractivity contribution in [2.45, 2.75) is 55.7 Å². The molecule has 3 amide bonds. The number of alkyl halides is 3. The Hall–Kier alpha value is -5.24. The minimum Gasteiger partial charge on any atom is -0.480 e. The average molecular weight is 698 g/mol. The number of carbonyl (C=O) groups is 5. The zero-order valence-corrected chi connectivity index (χ0v) is 25.8. The van der Waals surface area contributed by atoms with Gasteiger partial charge in [0.05, 0.1) is 11.4 Å². The number of nitrogens with two attached hydrogens (primary N) is 1. The van der Waals surface area contributed by atoms with Crippen LogP contribution in [-0.2, 0) is 30.5 Å². The van der Waals surface area contributed by atoms with E-state index in [2.05, 4.69) is 31.0 Å². The van der Waals surface area contributed by atoms with Crippen LogP contribution in [0.3, 0.4) is 0 Å². The third kappa shape index (κ3) is 11.2. The highest BCUT2D eigenvalue weighted by molar-refractivity contribution is 7.99. The van der Waals surface area contributed by atoms with E-state index in [0.29, 0.717) is 5.56 Å². The molecule has 0 saturated carbocycles. The molecule has 0 saturated heterocycles. The van der Waals surface area contributed by atoms with Gasteiger partial charge in [0.2, 0.25) is 17.7 Å². The number of rotatable bonds is 16. The van der Waals surface area contributed by atoms with E-state index in [1.54, 1.807) is 13.0 Å². The van der Waals surface area contributed by atoms with Crippen molar-refractivity contribution >= 4 is 52.3 Å². The molecule has 16 nitrogen and oxygen atoms in total. The summed E-state index contributed by atoms with van der Waals surface area (Å²) < 4.78 is 41.9. The molecule has 20 heteroatoms. The van der Waals surface area contributed by atoms with Gasteiger partial charge >= 0.3 is 18.3 Å². The molecular weight excluding hydrogens is 667 g/mol. The first kappa shape index (κ1) is 37.2. The van der Waals surface area contributed by atoms with E-state index >= 15 is 0 Å². The number of hydrogen-bond acceptors (Lipinski definition) is 11. The summed E-state index contributed by atoms with van der Waals surface area (Å²) in [6.07, 6.45) is -5.43. The highest BCUT2D eigenvalue weighted by Crippen LogP contribution is 2.26. The largest absolute Gasteiger partial charge is 0.573 e. The lowest BCUT2D eigenvalue weighted by molar-refractivity contribution is -0.274. The molecule has 0 spiro atoms. The summed E-state index contributed by atoms with van der Waals surface area (Å²) >= 11 is 0.942. The summed E-state index contributed by atoms with van der Waals surface area (Å²) in [5.74, 6) is -5.54. The van der Waals surface area contributed by atoms with Gasteiger partial charge in [-0.1, -0.05) is 23.4 Å². The molecule has 0 radical (unpaired) electrons. The van der Waals surface area contributed by atoms with Crippen LogP contribution in [0, 0.1) is 0 Å². The number of nitrogens with one attached hydrogen (secondary N) is 3. The Balaban J connectivity index is 1.74. The number of aromatic nitrogens is 3. The van der Waals surface area contributed by atoms with E-state index in [0.717, 1.165) is 28.6 Å². The summed E-state index contributed by atoms with van der Waals surface area (Å²) in [6, 6.07) is 6.10. The zero-order valence-electron chi connectivity index (χ0n) is 25.0. The van der Waals surface area contributed by atoms with E-state index in [1.165, 1.54) is 24.3 Å². The molecule has 0 fully saturated rings. The van der Waals surface area contributed by atoms with E-state index in [1.807, 2.05) is 0 Å². The smallest absolute Gasteiger partial charge is 0.480 e. The van der Waals surface area contributed by atoms with Crippen molar-refractivity contribution in [3.63, 3.8) is 0 Å². The molecule has 0 aliphatic rings. The van der Waals surface area contributed by atoms with Crippen molar-refractivity contribution in [1.82, 2.24) is 30.9 Å². The maximum Gasteiger partial charge on any atom is 0.573 e. The summed E-state index contributed by atoms with van der Waals surface area (Å²) in [4.78, 5) is 73.6. The summed E-state index contributed by atoms with van der Waals surface area (Å²) in [5, 5.41) is 32.8. The second kappa shape index (κ2) is 16.5. The van der Waals surface area contributed by atoms with Crippen LogP contribution in [0.5, 0.6) is 5.75 Å². The number of hydrogen-bond donors (Lipinski definition) is 6. The fourth-order valence-electron chi connectivity index (χ4n) is 4.10. The van der Waals surface area contributed by atoms with Gasteiger partial charge in [-0.15, -0.1) is 30.0 Å². The minimum atomic E-state index is -4.86. The molecule has 48 heavy (non-hydrogen) atoms. The van der Waals surface area contributed by atoms with Crippen LogP contribution in [0.2, 0.25) is 0 Å². The number of carboxylic acid groups (broad SMARTS) is 2. The second-order valence-corrected chi connectivity index (χ2v) is 11.2. The first-order chi connectivity index (χ1) is 22.5. The molecule has 0 aliphatic carbocycles. The second-order valence-electron chi connectivity index (χ2n) is 10.1. The van der Waals surface area contributed by atoms with Crippen molar-refractivity contribution in [3.05, 3.63) is 58.4 Å². The average Bonchev–Trinajstić information content (AvgIpc) is 3.01. The van der Waals surface area contributed by atoms with Crippen LogP contribution < -0.4 is 32.0 Å². The third-order valence-electron chi connectivity index (χ3n) is 6.47. The van der Waals surface area contributed by atoms with E-state index in [9.17, 15) is 41.9 Å². The molecular formula is C28H30F3N7O9S. The first-order valence-electron chi connectivity index (χ1n) is 14.0. The van der Waals surface area contributed by atoms with Gasteiger partial charge in [0, 0.05) is 17.1 Å². The van der Waals surface area contributed by atoms with Crippen molar-refractivity contribution in [2.24, 2.45) is 5.73 Å². The third-order valence-corrected chi connectivity index (χ3v) is 7.62. The lowest BCUT2D eigenvalue weighted by atomic mass is 10.1. The van der Waals surface area contributed by atoms with Gasteiger partial charge in [0.25, 0.3) is 5.56 Å². The Morgan fingerprint density at radius 2 is 1.73 bits per heavy atom. The maximum absolute atomic E-state index is 13.4. The van der Waals surface area contributed by atoms with Crippen molar-refractivity contribution in [3.8, 4) is 5.75 Å². The van der Waals surface area contributed by atoms with Gasteiger partial charge in [-0.05, 0) is 43.2 Å². The number of aliphatic carboxylic acids is 2. The summed E-state index contributed by atoms with van der Waals surface area (Å²) in [7, 11) is 0. The van der Waals surface area contributed by atoms with Crippen LogP contribution in [-0.4, -0.2) is 85.6 Å². The van der Waals surface area contributed by atoms with E-state index < -0.39 is 78.5 Å². The predicted octanol–water partition coefficient (Wildman–Crippen LogP) is 0.537. The number of carboxylic acids is 2. The van der Waals surface area contributed by atoms with E-state index in [-0.39, 0.29) is 34.4 Å². The molecule has 258 valence electrons. The number of fused-ring (bicyclic) bond motifs is 1. The zero-order chi connectivity index (χ0) is 35.6. The molecule has 0 bridgehead atoms. The van der Waals surface area contributed by atoms with Crippen LogP contribution in [0.25, 0.3) is 10.9 Å². The normalized spacial score (nSPS) is 13.2. The van der Waals surface area contributed by atoms with E-state index in [4.69, 9.17) is 15.9 Å². The van der Waals surface area contributed by atoms with Crippen LogP contribution in [0.4, 0.5) is 13.2 Å². The van der Waals surface area contributed by atoms with Gasteiger partial charge in [-0.3, -0.25) is 28.8 Å². The molecule has 0 aliphatic heterocycles. The first-order valence-corrected chi connectivity index (χ1v) is 14.9. The monoisotopic (exact) mass is 697 g/mol. The molecule has 3 atom stereocenters. The Morgan fingerprint density at radius 3 is 2.35 bits per heavy atom. The van der Waals surface area contributed by atoms with Gasteiger partial charge < -0.3 is 36.6 Å². The molecule has 1 unspecified atom stereocenters. The maximum atomic E-state index is 13.4. The molecule has 1 heterocycles. The number of thioether (sulfide) groups is 1. The number of benzene rings is 2. The lowest BCUT2D eigenvalue weighted by Gasteiger charge is -2.18. The fourth-order valence-corrected chi connectivity index (χ4v) is 5.19. The van der Waals surface area contributed by atoms with Crippen LogP contribution in [0.1, 0.15) is 31.4 Å². The van der Waals surface area contributed by atoms with Gasteiger partial charge in [-0.2, -0.15) is 0 Å². The van der Waals surface area contributed by atoms with Crippen LogP contribution in [0.15, 0.2) is 52.2 Å². The SMILES string of the molecule is C[C@H](NC(=O)Cn1nnc2cccc(SCC(NC(=O)CC[C@H](N)C(=O)O)C(=O)NCC(=O)O)c2c1=O)c1ccc(OC(F)(F)F)cc1. The van der Waals surface area contributed by atoms with Crippen LogP contribution >= 0.6 is 11.8 Å². The highest BCUT2D eigenvalue weighted by Gasteiger charge is 2.31. The van der Waals surface area contributed by atoms with Gasteiger partial charge in [0.15, 0.2) is 0 Å². The quantitative estimate of drug-likeness (QED) is 0.112. The molecule has 7 N–H and O–H groups in total. The van der Waals surface area contributed by atoms with Crippen molar-refractivity contribution < 1.29 is 52.1 Å². The predicted molar refractivity (Wildman–Crippen MR) is 162 cm³/mol. The highest BCUT2D eigenvalue weighted by atomic mass is 32.2. The fraction of sp³-hybridized carbons (Fsp3) is 0.357. The number of amides is 3. The molecule has 1 aromatic heterocycles. The number of carbonyl (C=O) groups excluding carboxylic acids is 3. The minimum absolute atomic E-state index is 0.0297. The molecule has 2 aromatic carbocycles. The lowest BCUT2D eigenvalue weighted by Crippen LogP contribution is -2.49. The summed E-state index contributed by atoms with van der Waals surface area (Å²) in [6.45, 7) is 0.255. The number of nitrogens with zero attached hydrogens (tertiary/aromatic N) is 3. The Labute approximate surface area is 273 Å².